The first-order valence-electron chi connectivity index (χ1n) is 5.67. The van der Waals surface area contributed by atoms with Gasteiger partial charge in [-0.05, 0) is 25.0 Å². The minimum absolute atomic E-state index is 0.168. The number of Topliss-reactive ketones (excluding diaryl/α,β-unsaturated/α-hetero) is 1. The zero-order valence-corrected chi connectivity index (χ0v) is 10.6. The largest absolute Gasteiger partial charge is 0.398 e. The SMILES string of the molecule is Cc1c(N)c(N)cc(C(=O)C(C)CC(N)O)c1N. The Balaban J connectivity index is 3.14. The molecule has 0 saturated heterocycles. The Morgan fingerprint density at radius 2 is 1.89 bits per heavy atom. The highest BCUT2D eigenvalue weighted by atomic mass is 16.3. The molecule has 0 bridgehead atoms. The Morgan fingerprint density at radius 3 is 2.39 bits per heavy atom. The van der Waals surface area contributed by atoms with Crippen LogP contribution in [0.2, 0.25) is 0 Å². The minimum Gasteiger partial charge on any atom is -0.398 e. The molecule has 0 amide bonds. The van der Waals surface area contributed by atoms with Crippen LogP contribution < -0.4 is 22.9 Å². The third-order valence-corrected chi connectivity index (χ3v) is 3.02. The molecule has 0 aliphatic heterocycles. The molecule has 0 aliphatic rings. The number of ketones is 1. The molecule has 1 aromatic carbocycles. The van der Waals surface area contributed by atoms with Gasteiger partial charge in [-0.3, -0.25) is 4.79 Å². The Labute approximate surface area is 106 Å². The van der Waals surface area contributed by atoms with E-state index in [-0.39, 0.29) is 12.2 Å². The number of anilines is 3. The maximum atomic E-state index is 12.2. The fourth-order valence-corrected chi connectivity index (χ4v) is 1.81. The summed E-state index contributed by atoms with van der Waals surface area (Å²) in [5.41, 5.74) is 24.5. The van der Waals surface area contributed by atoms with Gasteiger partial charge in [0.25, 0.3) is 0 Å². The molecule has 0 spiro atoms. The standard InChI is InChI=1S/C12H20N4O2/c1-5(3-9(14)17)12(18)7-4-8(13)11(16)6(2)10(7)15/h4-5,9,17H,3,13-16H2,1-2H3. The van der Waals surface area contributed by atoms with Crippen LogP contribution >= 0.6 is 0 Å². The molecule has 0 radical (unpaired) electrons. The second-order valence-corrected chi connectivity index (χ2v) is 4.53. The van der Waals surface area contributed by atoms with Crippen LogP contribution in [0.25, 0.3) is 0 Å². The van der Waals surface area contributed by atoms with Crippen molar-refractivity contribution in [3.63, 3.8) is 0 Å². The summed E-state index contributed by atoms with van der Waals surface area (Å²) < 4.78 is 0. The highest BCUT2D eigenvalue weighted by Gasteiger charge is 2.21. The van der Waals surface area contributed by atoms with E-state index in [4.69, 9.17) is 28.0 Å². The predicted molar refractivity (Wildman–Crippen MR) is 72.7 cm³/mol. The Kier molecular flexibility index (Phi) is 4.15. The smallest absolute Gasteiger partial charge is 0.167 e. The van der Waals surface area contributed by atoms with Gasteiger partial charge >= 0.3 is 0 Å². The van der Waals surface area contributed by atoms with Crippen molar-refractivity contribution in [1.82, 2.24) is 0 Å². The van der Waals surface area contributed by atoms with E-state index in [2.05, 4.69) is 0 Å². The molecule has 6 heteroatoms. The first kappa shape index (κ1) is 14.3. The summed E-state index contributed by atoms with van der Waals surface area (Å²) in [4.78, 5) is 12.2. The van der Waals surface area contributed by atoms with Gasteiger partial charge in [0.05, 0.1) is 11.4 Å². The van der Waals surface area contributed by atoms with E-state index in [9.17, 15) is 4.79 Å². The van der Waals surface area contributed by atoms with Gasteiger partial charge in [0.2, 0.25) is 0 Å². The Morgan fingerprint density at radius 1 is 1.33 bits per heavy atom. The van der Waals surface area contributed by atoms with Crippen LogP contribution in [0, 0.1) is 12.8 Å². The van der Waals surface area contributed by atoms with Gasteiger partial charge in [-0.25, -0.2) is 0 Å². The maximum absolute atomic E-state index is 12.2. The summed E-state index contributed by atoms with van der Waals surface area (Å²) in [6, 6.07) is 1.47. The molecule has 0 aromatic heterocycles. The van der Waals surface area contributed by atoms with Crippen LogP contribution in [0.15, 0.2) is 6.07 Å². The van der Waals surface area contributed by atoms with Crippen molar-refractivity contribution in [1.29, 1.82) is 0 Å². The summed E-state index contributed by atoms with van der Waals surface area (Å²) in [6.45, 7) is 3.39. The van der Waals surface area contributed by atoms with Crippen molar-refractivity contribution in [3.8, 4) is 0 Å². The molecule has 18 heavy (non-hydrogen) atoms. The lowest BCUT2D eigenvalue weighted by atomic mass is 9.92. The molecule has 0 aliphatic carbocycles. The zero-order valence-electron chi connectivity index (χ0n) is 10.6. The van der Waals surface area contributed by atoms with Crippen LogP contribution in [-0.4, -0.2) is 17.1 Å². The number of benzene rings is 1. The number of carbonyl (C=O) groups excluding carboxylic acids is 1. The summed E-state index contributed by atoms with van der Waals surface area (Å²) >= 11 is 0. The number of carbonyl (C=O) groups is 1. The molecule has 9 N–H and O–H groups in total. The third-order valence-electron chi connectivity index (χ3n) is 3.02. The number of rotatable bonds is 4. The number of hydrogen-bond donors (Lipinski definition) is 5. The second kappa shape index (κ2) is 5.24. The van der Waals surface area contributed by atoms with Crippen molar-refractivity contribution in [2.45, 2.75) is 26.5 Å². The first-order valence-corrected chi connectivity index (χ1v) is 5.67. The number of aliphatic hydroxyl groups is 1. The molecule has 1 aromatic rings. The monoisotopic (exact) mass is 252 g/mol. The van der Waals surface area contributed by atoms with Crippen molar-refractivity contribution in [3.05, 3.63) is 17.2 Å². The number of aliphatic hydroxyl groups excluding tert-OH is 1. The van der Waals surface area contributed by atoms with Gasteiger partial charge in [0.1, 0.15) is 6.23 Å². The Hall–Kier alpha value is -1.79. The van der Waals surface area contributed by atoms with E-state index in [1.165, 1.54) is 6.07 Å². The van der Waals surface area contributed by atoms with E-state index >= 15 is 0 Å². The van der Waals surface area contributed by atoms with E-state index in [0.717, 1.165) is 0 Å². The highest BCUT2D eigenvalue weighted by molar-refractivity contribution is 6.05. The fraction of sp³-hybridized carbons (Fsp3) is 0.417. The van der Waals surface area contributed by atoms with Crippen molar-refractivity contribution >= 4 is 22.8 Å². The van der Waals surface area contributed by atoms with E-state index in [0.29, 0.717) is 28.2 Å². The molecule has 2 unspecified atom stereocenters. The summed E-state index contributed by atoms with van der Waals surface area (Å²) in [5, 5.41) is 9.09. The lowest BCUT2D eigenvalue weighted by molar-refractivity contribution is 0.0859. The Bertz CT molecular complexity index is 472. The van der Waals surface area contributed by atoms with E-state index in [1.807, 2.05) is 0 Å². The lowest BCUT2D eigenvalue weighted by Crippen LogP contribution is -2.26. The molecule has 1 rings (SSSR count). The molecule has 2 atom stereocenters. The van der Waals surface area contributed by atoms with Gasteiger partial charge < -0.3 is 28.0 Å². The van der Waals surface area contributed by atoms with Gasteiger partial charge in [-0.2, -0.15) is 0 Å². The minimum atomic E-state index is -1.03. The first-order chi connectivity index (χ1) is 8.25. The number of hydrogen-bond acceptors (Lipinski definition) is 6. The molecular formula is C12H20N4O2. The van der Waals surface area contributed by atoms with E-state index in [1.54, 1.807) is 13.8 Å². The normalized spacial score (nSPS) is 14.2. The maximum Gasteiger partial charge on any atom is 0.167 e. The van der Waals surface area contributed by atoms with Crippen LogP contribution in [0.1, 0.15) is 29.3 Å². The average molecular weight is 252 g/mol. The molecule has 0 fully saturated rings. The van der Waals surface area contributed by atoms with Gasteiger partial charge in [-0.15, -0.1) is 0 Å². The van der Waals surface area contributed by atoms with Crippen molar-refractivity contribution < 1.29 is 9.90 Å². The third kappa shape index (κ3) is 2.72. The molecule has 0 heterocycles. The quantitative estimate of drug-likeness (QED) is 0.295. The average Bonchev–Trinajstić information content (AvgIpc) is 2.29. The molecule has 100 valence electrons. The van der Waals surface area contributed by atoms with Crippen LogP contribution in [0.4, 0.5) is 17.1 Å². The van der Waals surface area contributed by atoms with Gasteiger partial charge in [0.15, 0.2) is 5.78 Å². The lowest BCUT2D eigenvalue weighted by Gasteiger charge is -2.16. The van der Waals surface area contributed by atoms with Gasteiger partial charge in [0, 0.05) is 17.2 Å². The zero-order chi connectivity index (χ0) is 14.0. The summed E-state index contributed by atoms with van der Waals surface area (Å²) in [7, 11) is 0. The molecular weight excluding hydrogens is 232 g/mol. The predicted octanol–water partition coefficient (Wildman–Crippen LogP) is 0.228. The van der Waals surface area contributed by atoms with Crippen molar-refractivity contribution in [2.24, 2.45) is 11.7 Å². The van der Waals surface area contributed by atoms with Crippen LogP contribution in [0.3, 0.4) is 0 Å². The van der Waals surface area contributed by atoms with Gasteiger partial charge in [-0.1, -0.05) is 6.92 Å². The summed E-state index contributed by atoms with van der Waals surface area (Å²) in [5.74, 6) is -0.637. The van der Waals surface area contributed by atoms with Crippen LogP contribution in [0.5, 0.6) is 0 Å². The number of nitrogens with two attached hydrogens (primary N) is 4. The molecule has 6 nitrogen and oxygen atoms in total. The fourth-order valence-electron chi connectivity index (χ4n) is 1.81. The number of nitrogen functional groups attached to an aromatic ring is 3. The second-order valence-electron chi connectivity index (χ2n) is 4.53. The highest BCUT2D eigenvalue weighted by Crippen LogP contribution is 2.30. The topological polar surface area (TPSA) is 141 Å². The van der Waals surface area contributed by atoms with E-state index < -0.39 is 12.1 Å². The van der Waals surface area contributed by atoms with Crippen LogP contribution in [-0.2, 0) is 0 Å². The summed E-state index contributed by atoms with van der Waals surface area (Å²) in [6.07, 6.45) is -0.862. The molecule has 0 saturated carbocycles. The van der Waals surface area contributed by atoms with Crippen molar-refractivity contribution in [2.75, 3.05) is 17.2 Å².